The van der Waals surface area contributed by atoms with Crippen LogP contribution in [0.5, 0.6) is 0 Å². The summed E-state index contributed by atoms with van der Waals surface area (Å²) in [7, 11) is 0. The van der Waals surface area contributed by atoms with Crippen LogP contribution < -0.4 is 10.6 Å². The van der Waals surface area contributed by atoms with E-state index in [2.05, 4.69) is 17.6 Å². The predicted octanol–water partition coefficient (Wildman–Crippen LogP) is 0.451. The molecule has 0 radical (unpaired) electrons. The zero-order chi connectivity index (χ0) is 7.68. The van der Waals surface area contributed by atoms with Crippen molar-refractivity contribution in [1.82, 2.24) is 10.6 Å². The van der Waals surface area contributed by atoms with Crippen molar-refractivity contribution in [2.75, 3.05) is 26.2 Å². The van der Waals surface area contributed by atoms with Gasteiger partial charge in [0.1, 0.15) is 0 Å². The quantitative estimate of drug-likeness (QED) is 0.614. The molecule has 2 nitrogen and oxygen atoms in total. The smallest absolute Gasteiger partial charge is 0.000394 e. The highest BCUT2D eigenvalue weighted by atomic mass is 15.0. The van der Waals surface area contributed by atoms with E-state index >= 15 is 0 Å². The van der Waals surface area contributed by atoms with Crippen molar-refractivity contribution in [3.05, 3.63) is 0 Å². The van der Waals surface area contributed by atoms with Crippen LogP contribution >= 0.6 is 0 Å². The first-order chi connectivity index (χ1) is 5.36. The molecule has 2 N–H and O–H groups in total. The summed E-state index contributed by atoms with van der Waals surface area (Å²) in [4.78, 5) is 0. The summed E-state index contributed by atoms with van der Waals surface area (Å²) in [5, 5.41) is 6.82. The van der Waals surface area contributed by atoms with Gasteiger partial charge in [0.15, 0.2) is 0 Å². The zero-order valence-electron chi connectivity index (χ0n) is 7.27. The lowest BCUT2D eigenvalue weighted by atomic mass is 10.0. The third-order valence-corrected chi connectivity index (χ3v) is 2.98. The lowest BCUT2D eigenvalue weighted by Gasteiger charge is -2.27. The number of hydrogen-bond acceptors (Lipinski definition) is 2. The summed E-state index contributed by atoms with van der Waals surface area (Å²) >= 11 is 0. The van der Waals surface area contributed by atoms with Gasteiger partial charge in [0.05, 0.1) is 0 Å². The first-order valence-corrected chi connectivity index (χ1v) is 4.77. The average molecular weight is 154 g/mol. The summed E-state index contributed by atoms with van der Waals surface area (Å²) in [6, 6.07) is 0. The normalized spacial score (nSPS) is 36.8. The number of nitrogens with one attached hydrogen (secondary N) is 2. The topological polar surface area (TPSA) is 24.1 Å². The van der Waals surface area contributed by atoms with Gasteiger partial charge in [0.2, 0.25) is 0 Å². The highest BCUT2D eigenvalue weighted by Crippen LogP contribution is 2.36. The minimum absolute atomic E-state index is 0.920. The van der Waals surface area contributed by atoms with E-state index in [1.165, 1.54) is 32.6 Å². The van der Waals surface area contributed by atoms with Crippen molar-refractivity contribution >= 4 is 0 Å². The fourth-order valence-electron chi connectivity index (χ4n) is 1.65. The molecule has 1 saturated carbocycles. The molecule has 2 aliphatic rings. The van der Waals surface area contributed by atoms with Crippen molar-refractivity contribution < 1.29 is 0 Å². The molecular formula is C9H18N2. The Morgan fingerprint density at radius 2 is 2.09 bits per heavy atom. The Hall–Kier alpha value is -0.0800. The number of hydrogen-bond donors (Lipinski definition) is 2. The van der Waals surface area contributed by atoms with Gasteiger partial charge >= 0.3 is 0 Å². The van der Waals surface area contributed by atoms with Gasteiger partial charge in [-0.15, -0.1) is 0 Å². The summed E-state index contributed by atoms with van der Waals surface area (Å²) in [6.45, 7) is 7.30. The fraction of sp³-hybridized carbons (Fsp3) is 1.00. The summed E-state index contributed by atoms with van der Waals surface area (Å²) in [5.41, 5.74) is 0. The molecule has 1 aliphatic heterocycles. The molecular weight excluding hydrogens is 136 g/mol. The van der Waals surface area contributed by atoms with Crippen molar-refractivity contribution in [3.8, 4) is 0 Å². The van der Waals surface area contributed by atoms with Crippen LogP contribution in [-0.2, 0) is 0 Å². The van der Waals surface area contributed by atoms with E-state index in [0.717, 1.165) is 17.8 Å². The molecule has 1 aliphatic carbocycles. The molecule has 2 rings (SSSR count). The molecule has 0 amide bonds. The Kier molecular flexibility index (Phi) is 2.14. The van der Waals surface area contributed by atoms with Crippen LogP contribution in [-0.4, -0.2) is 26.2 Å². The van der Waals surface area contributed by atoms with Gasteiger partial charge in [-0.1, -0.05) is 6.92 Å². The third kappa shape index (κ3) is 1.94. The van der Waals surface area contributed by atoms with Gasteiger partial charge in [-0.2, -0.15) is 0 Å². The van der Waals surface area contributed by atoms with Gasteiger partial charge in [0.25, 0.3) is 0 Å². The second-order valence-electron chi connectivity index (χ2n) is 4.16. The zero-order valence-corrected chi connectivity index (χ0v) is 7.27. The van der Waals surface area contributed by atoms with Crippen molar-refractivity contribution in [2.24, 2.45) is 17.8 Å². The molecule has 2 atom stereocenters. The van der Waals surface area contributed by atoms with Gasteiger partial charge in [-0.25, -0.2) is 0 Å². The van der Waals surface area contributed by atoms with Crippen LogP contribution in [0.1, 0.15) is 13.3 Å². The van der Waals surface area contributed by atoms with E-state index < -0.39 is 0 Å². The lowest BCUT2D eigenvalue weighted by Crippen LogP contribution is -2.47. The fourth-order valence-corrected chi connectivity index (χ4v) is 1.65. The lowest BCUT2D eigenvalue weighted by molar-refractivity contribution is 0.329. The van der Waals surface area contributed by atoms with Gasteiger partial charge in [0, 0.05) is 19.6 Å². The van der Waals surface area contributed by atoms with Crippen LogP contribution in [0, 0.1) is 17.8 Å². The molecule has 2 heteroatoms. The first-order valence-electron chi connectivity index (χ1n) is 4.77. The Bertz CT molecular complexity index is 127. The van der Waals surface area contributed by atoms with E-state index in [1.807, 2.05) is 0 Å². The van der Waals surface area contributed by atoms with Crippen LogP contribution in [0.15, 0.2) is 0 Å². The predicted molar refractivity (Wildman–Crippen MR) is 46.5 cm³/mol. The Morgan fingerprint density at radius 1 is 1.36 bits per heavy atom. The molecule has 11 heavy (non-hydrogen) atoms. The Labute approximate surface area is 68.7 Å². The molecule has 2 unspecified atom stereocenters. The maximum Gasteiger partial charge on any atom is 0.000394 e. The molecule has 2 fully saturated rings. The minimum atomic E-state index is 0.920. The average Bonchev–Trinajstić information content (AvgIpc) is 2.55. The highest BCUT2D eigenvalue weighted by Gasteiger charge is 2.31. The largest absolute Gasteiger partial charge is 0.316 e. The van der Waals surface area contributed by atoms with Crippen LogP contribution in [0.3, 0.4) is 0 Å². The maximum atomic E-state index is 3.54. The van der Waals surface area contributed by atoms with E-state index in [9.17, 15) is 0 Å². The molecule has 0 aromatic rings. The molecule has 0 spiro atoms. The van der Waals surface area contributed by atoms with E-state index in [-0.39, 0.29) is 0 Å². The van der Waals surface area contributed by atoms with Gasteiger partial charge < -0.3 is 10.6 Å². The summed E-state index contributed by atoms with van der Waals surface area (Å²) < 4.78 is 0. The maximum absolute atomic E-state index is 3.54. The number of rotatable bonds is 4. The van der Waals surface area contributed by atoms with Crippen LogP contribution in [0.25, 0.3) is 0 Å². The molecule has 1 saturated heterocycles. The third-order valence-electron chi connectivity index (χ3n) is 2.98. The van der Waals surface area contributed by atoms with E-state index in [1.54, 1.807) is 0 Å². The highest BCUT2D eigenvalue weighted by molar-refractivity contribution is 4.85. The second-order valence-corrected chi connectivity index (χ2v) is 4.16. The summed E-state index contributed by atoms with van der Waals surface area (Å²) in [5.74, 6) is 2.93. The van der Waals surface area contributed by atoms with Crippen LogP contribution in [0.2, 0.25) is 0 Å². The van der Waals surface area contributed by atoms with E-state index in [0.29, 0.717) is 0 Å². The van der Waals surface area contributed by atoms with Gasteiger partial charge in [-0.05, 0) is 30.7 Å². The first kappa shape index (κ1) is 7.56. The standard InChI is InChI=1S/C9H18N2/c1-7-2-9(7)6-11-5-8-3-10-4-8/h7-11H,2-6H2,1H3. The van der Waals surface area contributed by atoms with Crippen molar-refractivity contribution in [3.63, 3.8) is 0 Å². The SMILES string of the molecule is CC1CC1CNCC1CNC1. The monoisotopic (exact) mass is 154 g/mol. The molecule has 0 bridgehead atoms. The molecule has 0 aromatic heterocycles. The minimum Gasteiger partial charge on any atom is -0.316 e. The molecule has 1 heterocycles. The Morgan fingerprint density at radius 3 is 2.55 bits per heavy atom. The molecule has 0 aromatic carbocycles. The molecule has 64 valence electrons. The second kappa shape index (κ2) is 3.11. The van der Waals surface area contributed by atoms with Crippen molar-refractivity contribution in [1.29, 1.82) is 0 Å². The van der Waals surface area contributed by atoms with Crippen LogP contribution in [0.4, 0.5) is 0 Å². The van der Waals surface area contributed by atoms with E-state index in [4.69, 9.17) is 0 Å². The van der Waals surface area contributed by atoms with Gasteiger partial charge in [-0.3, -0.25) is 0 Å². The summed E-state index contributed by atoms with van der Waals surface area (Å²) in [6.07, 6.45) is 1.45. The van der Waals surface area contributed by atoms with Crippen molar-refractivity contribution in [2.45, 2.75) is 13.3 Å². The Balaban J connectivity index is 1.47.